The molecular weight excluding hydrogens is 376 g/mol. The van der Waals surface area contributed by atoms with E-state index in [-0.39, 0.29) is 11.8 Å². The first-order valence-electron chi connectivity index (χ1n) is 9.71. The molecular formula is C21H28N2O6. The van der Waals surface area contributed by atoms with E-state index in [0.29, 0.717) is 24.9 Å². The van der Waals surface area contributed by atoms with Crippen molar-refractivity contribution in [2.75, 3.05) is 20.3 Å². The molecule has 1 atom stereocenters. The van der Waals surface area contributed by atoms with Gasteiger partial charge in [-0.25, -0.2) is 9.59 Å². The molecule has 2 amide bonds. The van der Waals surface area contributed by atoms with Gasteiger partial charge in [0.05, 0.1) is 12.7 Å². The van der Waals surface area contributed by atoms with Crippen LogP contribution in [0.25, 0.3) is 0 Å². The topological polar surface area (TPSA) is 102 Å². The molecule has 1 saturated heterocycles. The van der Waals surface area contributed by atoms with Crippen LogP contribution in [0, 0.1) is 5.92 Å². The average molecular weight is 404 g/mol. The summed E-state index contributed by atoms with van der Waals surface area (Å²) in [5.74, 6) is -1.43. The Bertz CT molecular complexity index is 744. The molecule has 0 aliphatic carbocycles. The highest BCUT2D eigenvalue weighted by Crippen LogP contribution is 2.15. The second-order valence-electron chi connectivity index (χ2n) is 7.46. The van der Waals surface area contributed by atoms with Crippen molar-refractivity contribution in [1.82, 2.24) is 10.2 Å². The number of rotatable bonds is 9. The number of esters is 2. The van der Waals surface area contributed by atoms with Gasteiger partial charge in [-0.1, -0.05) is 26.0 Å². The third-order valence-electron chi connectivity index (χ3n) is 4.60. The van der Waals surface area contributed by atoms with Crippen LogP contribution in [0.4, 0.5) is 0 Å². The normalized spacial score (nSPS) is 14.6. The van der Waals surface area contributed by atoms with Crippen LogP contribution in [0.15, 0.2) is 24.3 Å². The number of likely N-dealkylation sites (tertiary alicyclic amines) is 1. The van der Waals surface area contributed by atoms with Crippen LogP contribution in [-0.2, 0) is 30.4 Å². The molecule has 2 rings (SSSR count). The van der Waals surface area contributed by atoms with Gasteiger partial charge in [-0.05, 0) is 36.5 Å². The predicted octanol–water partition coefficient (Wildman–Crippen LogP) is 1.67. The average Bonchev–Trinajstić information content (AvgIpc) is 3.09. The number of hydrogen-bond acceptors (Lipinski definition) is 6. The lowest BCUT2D eigenvalue weighted by molar-refractivity contribution is -0.145. The van der Waals surface area contributed by atoms with Gasteiger partial charge in [-0.3, -0.25) is 9.59 Å². The Labute approximate surface area is 170 Å². The largest absolute Gasteiger partial charge is 0.467 e. The van der Waals surface area contributed by atoms with Gasteiger partial charge in [0.1, 0.15) is 6.04 Å². The molecule has 0 radical (unpaired) electrons. The summed E-state index contributed by atoms with van der Waals surface area (Å²) in [6.45, 7) is 4.62. The van der Waals surface area contributed by atoms with Gasteiger partial charge < -0.3 is 19.7 Å². The molecule has 1 aliphatic heterocycles. The van der Waals surface area contributed by atoms with Gasteiger partial charge in [0.15, 0.2) is 6.61 Å². The summed E-state index contributed by atoms with van der Waals surface area (Å²) in [7, 11) is 1.26. The van der Waals surface area contributed by atoms with Gasteiger partial charge in [0.2, 0.25) is 5.91 Å². The minimum absolute atomic E-state index is 0.141. The summed E-state index contributed by atoms with van der Waals surface area (Å²) in [4.78, 5) is 49.4. The van der Waals surface area contributed by atoms with E-state index in [1.165, 1.54) is 7.11 Å². The van der Waals surface area contributed by atoms with E-state index in [1.54, 1.807) is 29.2 Å². The highest BCUT2D eigenvalue weighted by atomic mass is 16.5. The maximum absolute atomic E-state index is 12.2. The monoisotopic (exact) mass is 404 g/mol. The molecule has 8 heteroatoms. The molecule has 1 heterocycles. The van der Waals surface area contributed by atoms with Crippen LogP contribution < -0.4 is 5.32 Å². The maximum atomic E-state index is 12.2. The molecule has 1 aliphatic rings. The summed E-state index contributed by atoms with van der Waals surface area (Å²) in [6.07, 6.45) is 1.88. The zero-order chi connectivity index (χ0) is 21.4. The molecule has 1 fully saturated rings. The molecule has 1 N–H and O–H groups in total. The van der Waals surface area contributed by atoms with Crippen molar-refractivity contribution in [2.45, 2.75) is 45.7 Å². The van der Waals surface area contributed by atoms with Gasteiger partial charge in [-0.2, -0.15) is 0 Å². The Kier molecular flexibility index (Phi) is 8.18. The van der Waals surface area contributed by atoms with Gasteiger partial charge in [-0.15, -0.1) is 0 Å². The fraction of sp³-hybridized carbons (Fsp3) is 0.524. The number of ether oxygens (including phenoxy) is 2. The Morgan fingerprint density at radius 1 is 1.17 bits per heavy atom. The molecule has 29 heavy (non-hydrogen) atoms. The van der Waals surface area contributed by atoms with Crippen molar-refractivity contribution in [3.63, 3.8) is 0 Å². The van der Waals surface area contributed by atoms with Gasteiger partial charge in [0, 0.05) is 19.5 Å². The third kappa shape index (κ3) is 6.89. The SMILES string of the molecule is COC(=O)C(CC(C)C)NC(=O)COC(=O)c1ccc(CN2CCCC2=O)cc1. The predicted molar refractivity (Wildman–Crippen MR) is 105 cm³/mol. The molecule has 0 aromatic heterocycles. The first-order valence-corrected chi connectivity index (χ1v) is 9.71. The summed E-state index contributed by atoms with van der Waals surface area (Å²) in [5, 5.41) is 2.53. The van der Waals surface area contributed by atoms with Crippen LogP contribution in [0.1, 0.15) is 49.0 Å². The quantitative estimate of drug-likeness (QED) is 0.628. The number of nitrogens with zero attached hydrogens (tertiary/aromatic N) is 1. The first kappa shape index (κ1) is 22.4. The lowest BCUT2D eigenvalue weighted by atomic mass is 10.0. The minimum Gasteiger partial charge on any atom is -0.467 e. The van der Waals surface area contributed by atoms with E-state index in [4.69, 9.17) is 4.74 Å². The molecule has 1 aromatic carbocycles. The Morgan fingerprint density at radius 2 is 1.86 bits per heavy atom. The summed E-state index contributed by atoms with van der Waals surface area (Å²) < 4.78 is 9.72. The lowest BCUT2D eigenvalue weighted by Crippen LogP contribution is -2.44. The zero-order valence-corrected chi connectivity index (χ0v) is 17.1. The Balaban J connectivity index is 1.83. The van der Waals surface area contributed by atoms with Crippen LogP contribution in [-0.4, -0.2) is 55.0 Å². The summed E-state index contributed by atoms with van der Waals surface area (Å²) in [5.41, 5.74) is 1.23. The highest BCUT2D eigenvalue weighted by Gasteiger charge is 2.23. The van der Waals surface area contributed by atoms with E-state index in [1.807, 2.05) is 13.8 Å². The van der Waals surface area contributed by atoms with Crippen molar-refractivity contribution in [2.24, 2.45) is 5.92 Å². The van der Waals surface area contributed by atoms with Crippen molar-refractivity contribution in [1.29, 1.82) is 0 Å². The second kappa shape index (κ2) is 10.6. The highest BCUT2D eigenvalue weighted by molar-refractivity contribution is 5.92. The van der Waals surface area contributed by atoms with E-state index in [0.717, 1.165) is 18.5 Å². The summed E-state index contributed by atoms with van der Waals surface area (Å²) >= 11 is 0. The standard InChI is InChI=1S/C21H28N2O6/c1-14(2)11-17(21(27)28-3)22-18(24)13-29-20(26)16-8-6-15(7-9-16)12-23-10-4-5-19(23)25/h6-9,14,17H,4-5,10-13H2,1-3H3,(H,22,24). The second-order valence-corrected chi connectivity index (χ2v) is 7.46. The number of nitrogens with one attached hydrogen (secondary N) is 1. The Hall–Kier alpha value is -2.90. The van der Waals surface area contributed by atoms with Crippen LogP contribution >= 0.6 is 0 Å². The summed E-state index contributed by atoms with van der Waals surface area (Å²) in [6, 6.07) is 5.95. The van der Waals surface area contributed by atoms with E-state index in [2.05, 4.69) is 10.1 Å². The zero-order valence-electron chi connectivity index (χ0n) is 17.1. The minimum atomic E-state index is -0.779. The fourth-order valence-corrected chi connectivity index (χ4v) is 3.12. The van der Waals surface area contributed by atoms with Crippen molar-refractivity contribution >= 4 is 23.8 Å². The molecule has 1 unspecified atom stereocenters. The first-order chi connectivity index (χ1) is 13.8. The van der Waals surface area contributed by atoms with Crippen LogP contribution in [0.5, 0.6) is 0 Å². The number of methoxy groups -OCH3 is 1. The van der Waals surface area contributed by atoms with Gasteiger partial charge in [0.25, 0.3) is 5.91 Å². The smallest absolute Gasteiger partial charge is 0.338 e. The van der Waals surface area contributed by atoms with E-state index >= 15 is 0 Å². The van der Waals surface area contributed by atoms with Crippen molar-refractivity contribution in [3.05, 3.63) is 35.4 Å². The maximum Gasteiger partial charge on any atom is 0.338 e. The fourth-order valence-electron chi connectivity index (χ4n) is 3.12. The lowest BCUT2D eigenvalue weighted by Gasteiger charge is -2.18. The molecule has 158 valence electrons. The number of benzene rings is 1. The molecule has 0 spiro atoms. The number of carbonyl (C=O) groups excluding carboxylic acids is 4. The van der Waals surface area contributed by atoms with E-state index < -0.39 is 30.5 Å². The number of amides is 2. The third-order valence-corrected chi connectivity index (χ3v) is 4.60. The van der Waals surface area contributed by atoms with Crippen LogP contribution in [0.3, 0.4) is 0 Å². The van der Waals surface area contributed by atoms with Crippen LogP contribution in [0.2, 0.25) is 0 Å². The molecule has 8 nitrogen and oxygen atoms in total. The molecule has 0 bridgehead atoms. The van der Waals surface area contributed by atoms with E-state index in [9.17, 15) is 19.2 Å². The van der Waals surface area contributed by atoms with Crippen molar-refractivity contribution < 1.29 is 28.7 Å². The van der Waals surface area contributed by atoms with Gasteiger partial charge >= 0.3 is 11.9 Å². The Morgan fingerprint density at radius 3 is 2.41 bits per heavy atom. The molecule has 0 saturated carbocycles. The molecule has 1 aromatic rings. The van der Waals surface area contributed by atoms with Crippen molar-refractivity contribution in [3.8, 4) is 0 Å². The number of hydrogen-bond donors (Lipinski definition) is 1. The number of carbonyl (C=O) groups is 4.